The Morgan fingerprint density at radius 3 is 2.69 bits per heavy atom. The molecule has 1 heterocycles. The molecule has 82 valence electrons. The van der Waals surface area contributed by atoms with E-state index in [0.29, 0.717) is 12.4 Å². The van der Waals surface area contributed by atoms with Gasteiger partial charge in [0, 0.05) is 23.7 Å². The topological polar surface area (TPSA) is 65.3 Å². The maximum atomic E-state index is 10.4. The van der Waals surface area contributed by atoms with E-state index in [9.17, 15) is 10.1 Å². The van der Waals surface area contributed by atoms with Crippen molar-refractivity contribution < 1.29 is 9.66 Å². The van der Waals surface area contributed by atoms with Gasteiger partial charge < -0.3 is 4.74 Å². The number of non-ortho nitro benzene ring substituents is 1. The normalized spacial score (nSPS) is 10.0. The van der Waals surface area contributed by atoms with Crippen LogP contribution in [-0.4, -0.2) is 9.91 Å². The van der Waals surface area contributed by atoms with Crippen LogP contribution in [0.3, 0.4) is 0 Å². The van der Waals surface area contributed by atoms with Gasteiger partial charge in [-0.15, -0.1) is 11.3 Å². The van der Waals surface area contributed by atoms with Gasteiger partial charge in [-0.05, 0) is 12.1 Å². The van der Waals surface area contributed by atoms with Crippen molar-refractivity contribution in [3.05, 3.63) is 51.0 Å². The van der Waals surface area contributed by atoms with Crippen LogP contribution in [0.15, 0.2) is 35.8 Å². The van der Waals surface area contributed by atoms with Crippen LogP contribution in [0, 0.1) is 10.1 Å². The number of hydrogen-bond donors (Lipinski definition) is 0. The summed E-state index contributed by atoms with van der Waals surface area (Å²) in [6, 6.07) is 5.98. The number of nitro benzene ring substituents is 1. The molecular weight excluding hydrogens is 228 g/mol. The molecule has 0 aliphatic rings. The van der Waals surface area contributed by atoms with Crippen molar-refractivity contribution in [1.29, 1.82) is 0 Å². The summed E-state index contributed by atoms with van der Waals surface area (Å²) in [5.74, 6) is 0.598. The summed E-state index contributed by atoms with van der Waals surface area (Å²) in [7, 11) is 0. The van der Waals surface area contributed by atoms with E-state index < -0.39 is 4.92 Å². The van der Waals surface area contributed by atoms with Crippen LogP contribution in [0.2, 0.25) is 0 Å². The highest BCUT2D eigenvalue weighted by Gasteiger charge is 2.04. The molecule has 0 aliphatic carbocycles. The van der Waals surface area contributed by atoms with Gasteiger partial charge >= 0.3 is 0 Å². The first-order valence-corrected chi connectivity index (χ1v) is 5.39. The van der Waals surface area contributed by atoms with E-state index in [4.69, 9.17) is 4.74 Å². The van der Waals surface area contributed by atoms with E-state index in [0.717, 1.165) is 5.01 Å². The van der Waals surface area contributed by atoms with E-state index in [2.05, 4.69) is 4.98 Å². The summed E-state index contributed by atoms with van der Waals surface area (Å²) in [6.07, 6.45) is 1.71. The van der Waals surface area contributed by atoms with Crippen LogP contribution in [0.25, 0.3) is 0 Å². The number of thiazole rings is 1. The Kier molecular flexibility index (Phi) is 3.11. The van der Waals surface area contributed by atoms with Gasteiger partial charge in [0.25, 0.3) is 5.69 Å². The average molecular weight is 236 g/mol. The molecule has 6 heteroatoms. The number of aromatic nitrogens is 1. The third kappa shape index (κ3) is 2.54. The second kappa shape index (κ2) is 4.71. The summed E-state index contributed by atoms with van der Waals surface area (Å²) < 4.78 is 5.41. The Balaban J connectivity index is 1.98. The molecule has 2 aromatic rings. The van der Waals surface area contributed by atoms with Crippen molar-refractivity contribution in [1.82, 2.24) is 4.98 Å². The Bertz CT molecular complexity index is 467. The Morgan fingerprint density at radius 2 is 2.12 bits per heavy atom. The van der Waals surface area contributed by atoms with Gasteiger partial charge in [0.05, 0.1) is 4.92 Å². The molecular formula is C10H8N2O3S. The fraction of sp³-hybridized carbons (Fsp3) is 0.100. The van der Waals surface area contributed by atoms with Crippen molar-refractivity contribution in [3.63, 3.8) is 0 Å². The fourth-order valence-electron chi connectivity index (χ4n) is 1.13. The molecule has 0 fully saturated rings. The molecule has 1 aromatic heterocycles. The molecule has 0 atom stereocenters. The van der Waals surface area contributed by atoms with Gasteiger partial charge in [-0.25, -0.2) is 4.98 Å². The Morgan fingerprint density at radius 1 is 1.38 bits per heavy atom. The van der Waals surface area contributed by atoms with Crippen LogP contribution < -0.4 is 4.74 Å². The average Bonchev–Trinajstić information content (AvgIpc) is 2.80. The van der Waals surface area contributed by atoms with Gasteiger partial charge in [-0.3, -0.25) is 10.1 Å². The van der Waals surface area contributed by atoms with Crippen molar-refractivity contribution in [2.45, 2.75) is 6.61 Å². The molecule has 0 spiro atoms. The molecule has 0 amide bonds. The van der Waals surface area contributed by atoms with Crippen LogP contribution in [0.1, 0.15) is 5.01 Å². The third-order valence-electron chi connectivity index (χ3n) is 1.89. The van der Waals surface area contributed by atoms with E-state index in [1.165, 1.54) is 23.5 Å². The number of rotatable bonds is 4. The van der Waals surface area contributed by atoms with E-state index in [1.807, 2.05) is 5.38 Å². The first kappa shape index (κ1) is 10.6. The van der Waals surface area contributed by atoms with Gasteiger partial charge in [-0.2, -0.15) is 0 Å². The molecule has 0 aliphatic heterocycles. The summed E-state index contributed by atoms with van der Waals surface area (Å²) in [4.78, 5) is 14.0. The van der Waals surface area contributed by atoms with Crippen LogP contribution in [-0.2, 0) is 6.61 Å². The highest BCUT2D eigenvalue weighted by Crippen LogP contribution is 2.18. The lowest BCUT2D eigenvalue weighted by Crippen LogP contribution is -1.94. The lowest BCUT2D eigenvalue weighted by molar-refractivity contribution is -0.384. The number of nitro groups is 1. The first-order valence-electron chi connectivity index (χ1n) is 4.51. The van der Waals surface area contributed by atoms with Crippen molar-refractivity contribution in [3.8, 4) is 5.75 Å². The Labute approximate surface area is 95.5 Å². The highest BCUT2D eigenvalue weighted by molar-refractivity contribution is 7.09. The molecule has 0 saturated heterocycles. The molecule has 1 aromatic carbocycles. The number of nitrogens with zero attached hydrogens (tertiary/aromatic N) is 2. The van der Waals surface area contributed by atoms with Crippen LogP contribution in [0.4, 0.5) is 5.69 Å². The van der Waals surface area contributed by atoms with E-state index >= 15 is 0 Å². The SMILES string of the molecule is O=[N+]([O-])c1ccc(OCc2nccs2)cc1. The lowest BCUT2D eigenvalue weighted by Gasteiger charge is -2.02. The monoisotopic (exact) mass is 236 g/mol. The van der Waals surface area contributed by atoms with Gasteiger partial charge in [-0.1, -0.05) is 0 Å². The largest absolute Gasteiger partial charge is 0.486 e. The number of benzene rings is 1. The number of hydrogen-bond acceptors (Lipinski definition) is 5. The molecule has 0 saturated carbocycles. The minimum absolute atomic E-state index is 0.0570. The maximum absolute atomic E-state index is 10.4. The standard InChI is InChI=1S/C10H8N2O3S/c13-12(14)8-1-3-9(4-2-8)15-7-10-11-5-6-16-10/h1-6H,7H2. The summed E-state index contributed by atoms with van der Waals surface area (Å²) >= 11 is 1.51. The second-order valence-corrected chi connectivity index (χ2v) is 3.94. The molecule has 0 bridgehead atoms. The van der Waals surface area contributed by atoms with E-state index in [1.54, 1.807) is 18.3 Å². The van der Waals surface area contributed by atoms with Crippen LogP contribution in [0.5, 0.6) is 5.75 Å². The Hall–Kier alpha value is -1.95. The predicted octanol–water partition coefficient (Wildman–Crippen LogP) is 2.63. The quantitative estimate of drug-likeness (QED) is 0.604. The van der Waals surface area contributed by atoms with E-state index in [-0.39, 0.29) is 5.69 Å². The first-order chi connectivity index (χ1) is 7.75. The fourth-order valence-corrected chi connectivity index (χ4v) is 1.66. The summed E-state index contributed by atoms with van der Waals surface area (Å²) in [5, 5.41) is 13.2. The third-order valence-corrected chi connectivity index (χ3v) is 2.65. The zero-order chi connectivity index (χ0) is 11.4. The second-order valence-electron chi connectivity index (χ2n) is 2.97. The number of ether oxygens (including phenoxy) is 1. The summed E-state index contributed by atoms with van der Waals surface area (Å²) in [6.45, 7) is 0.384. The predicted molar refractivity (Wildman–Crippen MR) is 59.5 cm³/mol. The zero-order valence-corrected chi connectivity index (χ0v) is 9.02. The van der Waals surface area contributed by atoms with Gasteiger partial charge in [0.1, 0.15) is 17.4 Å². The minimum atomic E-state index is -0.440. The molecule has 0 radical (unpaired) electrons. The van der Waals surface area contributed by atoms with Gasteiger partial charge in [0.15, 0.2) is 0 Å². The van der Waals surface area contributed by atoms with Crippen LogP contribution >= 0.6 is 11.3 Å². The lowest BCUT2D eigenvalue weighted by atomic mass is 10.3. The zero-order valence-electron chi connectivity index (χ0n) is 8.20. The molecule has 0 unspecified atom stereocenters. The molecule has 0 N–H and O–H groups in total. The molecule has 16 heavy (non-hydrogen) atoms. The van der Waals surface area contributed by atoms with Crippen molar-refractivity contribution >= 4 is 17.0 Å². The minimum Gasteiger partial charge on any atom is -0.486 e. The molecule has 5 nitrogen and oxygen atoms in total. The van der Waals surface area contributed by atoms with Gasteiger partial charge in [0.2, 0.25) is 0 Å². The highest BCUT2D eigenvalue weighted by atomic mass is 32.1. The smallest absolute Gasteiger partial charge is 0.269 e. The molecule has 2 rings (SSSR count). The van der Waals surface area contributed by atoms with Crippen molar-refractivity contribution in [2.24, 2.45) is 0 Å². The maximum Gasteiger partial charge on any atom is 0.269 e. The van der Waals surface area contributed by atoms with Crippen molar-refractivity contribution in [2.75, 3.05) is 0 Å². The summed E-state index contributed by atoms with van der Waals surface area (Å²) in [5.41, 5.74) is 0.0570.